The standard InChI is InChI=1S/C10H19NO5/c1-10(2,3)16-9(14)15-8(13)6-4-5-7(11)12/h7,12H,4-6,11H2,1-3H3/t7-/m0/s1. The minimum atomic E-state index is -1.01. The third-order valence-electron chi connectivity index (χ3n) is 1.47. The third-order valence-corrected chi connectivity index (χ3v) is 1.47. The van der Waals surface area contributed by atoms with Gasteiger partial charge in [-0.15, -0.1) is 0 Å². The van der Waals surface area contributed by atoms with Gasteiger partial charge in [-0.3, -0.25) is 4.79 Å². The van der Waals surface area contributed by atoms with Gasteiger partial charge < -0.3 is 20.3 Å². The Morgan fingerprint density at radius 1 is 1.38 bits per heavy atom. The third kappa shape index (κ3) is 9.42. The van der Waals surface area contributed by atoms with Crippen molar-refractivity contribution in [2.24, 2.45) is 5.73 Å². The van der Waals surface area contributed by atoms with Crippen molar-refractivity contribution in [3.8, 4) is 0 Å². The molecule has 0 amide bonds. The largest absolute Gasteiger partial charge is 0.516 e. The molecule has 0 aliphatic heterocycles. The zero-order valence-electron chi connectivity index (χ0n) is 9.86. The van der Waals surface area contributed by atoms with Crippen molar-refractivity contribution >= 4 is 12.1 Å². The Bertz CT molecular complexity index is 244. The Morgan fingerprint density at radius 2 is 1.94 bits per heavy atom. The van der Waals surface area contributed by atoms with Crippen molar-refractivity contribution in [3.05, 3.63) is 0 Å². The van der Waals surface area contributed by atoms with E-state index in [1.54, 1.807) is 20.8 Å². The molecule has 6 heteroatoms. The summed E-state index contributed by atoms with van der Waals surface area (Å²) in [7, 11) is 0. The number of ether oxygens (including phenoxy) is 2. The predicted octanol–water partition coefficient (Wildman–Crippen LogP) is 0.912. The highest BCUT2D eigenvalue weighted by Gasteiger charge is 2.19. The molecule has 0 rings (SSSR count). The molecule has 0 aliphatic carbocycles. The molecule has 0 bridgehead atoms. The molecule has 0 aliphatic rings. The molecule has 16 heavy (non-hydrogen) atoms. The highest BCUT2D eigenvalue weighted by molar-refractivity contribution is 5.81. The fourth-order valence-electron chi connectivity index (χ4n) is 0.870. The lowest BCUT2D eigenvalue weighted by atomic mass is 10.2. The molecular weight excluding hydrogens is 214 g/mol. The van der Waals surface area contributed by atoms with E-state index in [1.165, 1.54) is 0 Å². The summed E-state index contributed by atoms with van der Waals surface area (Å²) >= 11 is 0. The molecule has 0 fully saturated rings. The van der Waals surface area contributed by atoms with Crippen molar-refractivity contribution in [1.82, 2.24) is 0 Å². The van der Waals surface area contributed by atoms with Gasteiger partial charge in [-0.25, -0.2) is 4.79 Å². The number of carbonyl (C=O) groups excluding carboxylic acids is 2. The predicted molar refractivity (Wildman–Crippen MR) is 56.4 cm³/mol. The molecule has 0 saturated carbocycles. The quantitative estimate of drug-likeness (QED) is 0.425. The van der Waals surface area contributed by atoms with E-state index in [4.69, 9.17) is 15.6 Å². The van der Waals surface area contributed by atoms with Gasteiger partial charge in [-0.2, -0.15) is 0 Å². The lowest BCUT2D eigenvalue weighted by molar-refractivity contribution is -0.141. The number of aliphatic hydroxyl groups is 1. The summed E-state index contributed by atoms with van der Waals surface area (Å²) in [5, 5.41) is 8.73. The SMILES string of the molecule is CC(C)(C)OC(=O)OC(=O)CCC[C@@H](N)O. The van der Waals surface area contributed by atoms with Gasteiger partial charge in [0.25, 0.3) is 0 Å². The zero-order valence-corrected chi connectivity index (χ0v) is 9.86. The summed E-state index contributed by atoms with van der Waals surface area (Å²) in [6, 6.07) is 0. The molecule has 0 saturated heterocycles. The summed E-state index contributed by atoms with van der Waals surface area (Å²) in [5.74, 6) is -0.685. The molecule has 0 aromatic heterocycles. The summed E-state index contributed by atoms with van der Waals surface area (Å²) in [6.07, 6.45) is -1.30. The van der Waals surface area contributed by atoms with Gasteiger partial charge in [0, 0.05) is 6.42 Å². The number of carbonyl (C=O) groups is 2. The van der Waals surface area contributed by atoms with Gasteiger partial charge in [-0.1, -0.05) is 0 Å². The Kier molecular flexibility index (Phi) is 5.98. The fraction of sp³-hybridized carbons (Fsp3) is 0.800. The molecule has 0 radical (unpaired) electrons. The van der Waals surface area contributed by atoms with E-state index in [1.807, 2.05) is 0 Å². The number of nitrogens with two attached hydrogens (primary N) is 1. The molecule has 0 aromatic rings. The Morgan fingerprint density at radius 3 is 2.38 bits per heavy atom. The van der Waals surface area contributed by atoms with Crippen LogP contribution in [0.5, 0.6) is 0 Å². The Hall–Kier alpha value is -1.14. The molecule has 94 valence electrons. The molecular formula is C10H19NO5. The zero-order chi connectivity index (χ0) is 12.8. The summed E-state index contributed by atoms with van der Waals surface area (Å²) in [6.45, 7) is 5.01. The maximum atomic E-state index is 11.1. The molecule has 0 heterocycles. The van der Waals surface area contributed by atoms with Crippen LogP contribution in [0.4, 0.5) is 4.79 Å². The second-order valence-corrected chi connectivity index (χ2v) is 4.40. The first-order chi connectivity index (χ1) is 7.20. The number of hydrogen-bond donors (Lipinski definition) is 2. The molecule has 0 spiro atoms. The van der Waals surface area contributed by atoms with E-state index in [2.05, 4.69) is 4.74 Å². The number of aliphatic hydroxyl groups excluding tert-OH is 1. The average molecular weight is 233 g/mol. The molecule has 3 N–H and O–H groups in total. The van der Waals surface area contributed by atoms with Crippen molar-refractivity contribution in [2.75, 3.05) is 0 Å². The second kappa shape index (κ2) is 6.44. The van der Waals surface area contributed by atoms with Gasteiger partial charge in [0.1, 0.15) is 11.8 Å². The van der Waals surface area contributed by atoms with Crippen LogP contribution in [-0.2, 0) is 14.3 Å². The van der Waals surface area contributed by atoms with Crippen LogP contribution < -0.4 is 5.73 Å². The van der Waals surface area contributed by atoms with E-state index >= 15 is 0 Å². The summed E-state index contributed by atoms with van der Waals surface area (Å²) < 4.78 is 9.17. The van der Waals surface area contributed by atoms with Gasteiger partial charge in [0.15, 0.2) is 0 Å². The maximum absolute atomic E-state index is 11.1. The van der Waals surface area contributed by atoms with Crippen molar-refractivity contribution < 1.29 is 24.2 Å². The highest BCUT2D eigenvalue weighted by Crippen LogP contribution is 2.09. The molecule has 1 atom stereocenters. The topological polar surface area (TPSA) is 98.9 Å². The van der Waals surface area contributed by atoms with E-state index in [0.717, 1.165) is 0 Å². The normalized spacial score (nSPS) is 13.1. The molecule has 6 nitrogen and oxygen atoms in total. The number of esters is 1. The first kappa shape index (κ1) is 14.9. The van der Waals surface area contributed by atoms with E-state index in [-0.39, 0.29) is 12.8 Å². The van der Waals surface area contributed by atoms with Crippen LogP contribution in [0.25, 0.3) is 0 Å². The van der Waals surface area contributed by atoms with Gasteiger partial charge >= 0.3 is 12.1 Å². The lowest BCUT2D eigenvalue weighted by Crippen LogP contribution is -2.26. The van der Waals surface area contributed by atoms with Crippen LogP contribution >= 0.6 is 0 Å². The van der Waals surface area contributed by atoms with E-state index < -0.39 is 24.0 Å². The first-order valence-corrected chi connectivity index (χ1v) is 5.08. The smallest absolute Gasteiger partial charge is 0.428 e. The van der Waals surface area contributed by atoms with Crippen LogP contribution in [0.1, 0.15) is 40.0 Å². The number of hydrogen-bond acceptors (Lipinski definition) is 6. The van der Waals surface area contributed by atoms with Gasteiger partial charge in [0.2, 0.25) is 0 Å². The van der Waals surface area contributed by atoms with Gasteiger partial charge in [-0.05, 0) is 33.6 Å². The minimum absolute atomic E-state index is 0.0213. The van der Waals surface area contributed by atoms with Gasteiger partial charge in [0.05, 0.1) is 0 Å². The maximum Gasteiger partial charge on any atom is 0.516 e. The van der Waals surface area contributed by atoms with Crippen molar-refractivity contribution in [3.63, 3.8) is 0 Å². The fourth-order valence-corrected chi connectivity index (χ4v) is 0.870. The minimum Gasteiger partial charge on any atom is -0.428 e. The summed E-state index contributed by atoms with van der Waals surface area (Å²) in [5.41, 5.74) is 4.39. The van der Waals surface area contributed by atoms with Crippen LogP contribution in [0, 0.1) is 0 Å². The second-order valence-electron chi connectivity index (χ2n) is 4.40. The highest BCUT2D eigenvalue weighted by atomic mass is 16.7. The lowest BCUT2D eigenvalue weighted by Gasteiger charge is -2.18. The number of rotatable bonds is 4. The van der Waals surface area contributed by atoms with Crippen molar-refractivity contribution in [2.45, 2.75) is 51.9 Å². The van der Waals surface area contributed by atoms with Crippen LogP contribution in [-0.4, -0.2) is 29.1 Å². The molecule has 0 unspecified atom stereocenters. The van der Waals surface area contributed by atoms with Crippen LogP contribution in [0.3, 0.4) is 0 Å². The van der Waals surface area contributed by atoms with Crippen LogP contribution in [0.2, 0.25) is 0 Å². The average Bonchev–Trinajstić information content (AvgIpc) is 1.98. The first-order valence-electron chi connectivity index (χ1n) is 5.08. The van der Waals surface area contributed by atoms with E-state index in [9.17, 15) is 9.59 Å². The Balaban J connectivity index is 3.75. The van der Waals surface area contributed by atoms with Crippen molar-refractivity contribution in [1.29, 1.82) is 0 Å². The monoisotopic (exact) mass is 233 g/mol. The van der Waals surface area contributed by atoms with E-state index in [0.29, 0.717) is 6.42 Å². The Labute approximate surface area is 94.7 Å². The van der Waals surface area contributed by atoms with Crippen LogP contribution in [0.15, 0.2) is 0 Å². The molecule has 0 aromatic carbocycles. The summed E-state index contributed by atoms with van der Waals surface area (Å²) in [4.78, 5) is 22.1.